The lowest BCUT2D eigenvalue weighted by Crippen LogP contribution is -2.52. The van der Waals surface area contributed by atoms with Crippen molar-refractivity contribution < 1.29 is 23.8 Å². The number of carbonyl (C=O) groups is 2. The highest BCUT2D eigenvalue weighted by atomic mass is 16.5. The standard InChI is InChI=1S/C23H36N4O5/c1-30-19-14-21(32-3)20(31-2)13-18(19)15-24-22(28)16-25-9-11-26(12-10-25)17-23(29)27-7-5-4-6-8-27/h13-14H,4-12,15-17H2,1-3H3,(H,24,28). The summed E-state index contributed by atoms with van der Waals surface area (Å²) < 4.78 is 16.1. The van der Waals surface area contributed by atoms with Gasteiger partial charge in [-0.3, -0.25) is 19.4 Å². The van der Waals surface area contributed by atoms with Gasteiger partial charge in [-0.1, -0.05) is 0 Å². The van der Waals surface area contributed by atoms with Gasteiger partial charge < -0.3 is 24.4 Å². The Morgan fingerprint density at radius 2 is 1.34 bits per heavy atom. The minimum atomic E-state index is -0.0420. The molecule has 2 heterocycles. The normalized spacial score (nSPS) is 17.7. The van der Waals surface area contributed by atoms with Gasteiger partial charge in [-0.25, -0.2) is 0 Å². The molecule has 0 spiro atoms. The second kappa shape index (κ2) is 11.9. The molecule has 1 N–H and O–H groups in total. The zero-order chi connectivity index (χ0) is 22.9. The van der Waals surface area contributed by atoms with E-state index in [0.717, 1.165) is 57.7 Å². The fraction of sp³-hybridized carbons (Fsp3) is 0.652. The Hall–Kier alpha value is -2.52. The van der Waals surface area contributed by atoms with E-state index < -0.39 is 0 Å². The van der Waals surface area contributed by atoms with Gasteiger partial charge in [0.1, 0.15) is 5.75 Å². The molecule has 2 saturated heterocycles. The molecule has 0 radical (unpaired) electrons. The van der Waals surface area contributed by atoms with Crippen LogP contribution in [0.4, 0.5) is 0 Å². The van der Waals surface area contributed by atoms with Crippen LogP contribution in [-0.4, -0.2) is 100 Å². The van der Waals surface area contributed by atoms with Crippen molar-refractivity contribution in [2.24, 2.45) is 0 Å². The Morgan fingerprint density at radius 3 is 1.94 bits per heavy atom. The number of nitrogens with one attached hydrogen (secondary N) is 1. The van der Waals surface area contributed by atoms with E-state index in [1.165, 1.54) is 6.42 Å². The SMILES string of the molecule is COc1cc(OC)c(OC)cc1CNC(=O)CN1CCN(CC(=O)N2CCCCC2)CC1. The average Bonchev–Trinajstić information content (AvgIpc) is 2.83. The highest BCUT2D eigenvalue weighted by Crippen LogP contribution is 2.34. The van der Waals surface area contributed by atoms with E-state index >= 15 is 0 Å². The number of amides is 2. The second-order valence-electron chi connectivity index (χ2n) is 8.29. The summed E-state index contributed by atoms with van der Waals surface area (Å²) >= 11 is 0. The van der Waals surface area contributed by atoms with Gasteiger partial charge in [0.25, 0.3) is 0 Å². The fourth-order valence-corrected chi connectivity index (χ4v) is 4.22. The van der Waals surface area contributed by atoms with Crippen LogP contribution in [-0.2, 0) is 16.1 Å². The van der Waals surface area contributed by atoms with E-state index in [1.807, 2.05) is 11.0 Å². The van der Waals surface area contributed by atoms with Crippen LogP contribution in [0, 0.1) is 0 Å². The monoisotopic (exact) mass is 448 g/mol. The molecule has 9 nitrogen and oxygen atoms in total. The van der Waals surface area contributed by atoms with Crippen molar-refractivity contribution in [1.29, 1.82) is 0 Å². The van der Waals surface area contributed by atoms with Crippen LogP contribution in [0.3, 0.4) is 0 Å². The van der Waals surface area contributed by atoms with E-state index in [2.05, 4.69) is 15.1 Å². The molecule has 2 fully saturated rings. The van der Waals surface area contributed by atoms with Gasteiger partial charge in [0.2, 0.25) is 11.8 Å². The summed E-state index contributed by atoms with van der Waals surface area (Å²) in [4.78, 5) is 31.3. The smallest absolute Gasteiger partial charge is 0.236 e. The number of hydrogen-bond donors (Lipinski definition) is 1. The number of ether oxygens (including phenoxy) is 3. The molecule has 0 atom stereocenters. The molecule has 9 heteroatoms. The molecule has 0 aromatic heterocycles. The summed E-state index contributed by atoms with van der Waals surface area (Å²) in [5, 5.41) is 2.96. The Morgan fingerprint density at radius 1 is 0.781 bits per heavy atom. The number of carbonyl (C=O) groups excluding carboxylic acids is 2. The largest absolute Gasteiger partial charge is 0.496 e. The first-order valence-corrected chi connectivity index (χ1v) is 11.3. The van der Waals surface area contributed by atoms with E-state index in [-0.39, 0.29) is 11.8 Å². The first-order valence-electron chi connectivity index (χ1n) is 11.3. The highest BCUT2D eigenvalue weighted by Gasteiger charge is 2.23. The van der Waals surface area contributed by atoms with Gasteiger partial charge in [0.15, 0.2) is 11.5 Å². The van der Waals surface area contributed by atoms with Crippen molar-refractivity contribution in [2.75, 3.05) is 73.7 Å². The van der Waals surface area contributed by atoms with E-state index in [0.29, 0.717) is 36.9 Å². The van der Waals surface area contributed by atoms with E-state index in [9.17, 15) is 9.59 Å². The number of piperidine rings is 1. The molecule has 1 aromatic rings. The molecule has 2 aliphatic heterocycles. The predicted molar refractivity (Wildman–Crippen MR) is 121 cm³/mol. The predicted octanol–water partition coefficient (Wildman–Crippen LogP) is 0.959. The summed E-state index contributed by atoms with van der Waals surface area (Å²) in [5.41, 5.74) is 0.819. The maximum atomic E-state index is 12.5. The molecule has 32 heavy (non-hydrogen) atoms. The molecular formula is C23H36N4O5. The van der Waals surface area contributed by atoms with Crippen molar-refractivity contribution in [3.63, 3.8) is 0 Å². The van der Waals surface area contributed by atoms with Crippen LogP contribution in [0.5, 0.6) is 17.2 Å². The summed E-state index contributed by atoms with van der Waals surface area (Å²) in [5.74, 6) is 2.00. The zero-order valence-corrected chi connectivity index (χ0v) is 19.5. The quantitative estimate of drug-likeness (QED) is 0.602. The van der Waals surface area contributed by atoms with Gasteiger partial charge in [-0.2, -0.15) is 0 Å². The molecule has 3 rings (SSSR count). The Bertz CT molecular complexity index is 774. The third-order valence-electron chi connectivity index (χ3n) is 6.16. The average molecular weight is 449 g/mol. The molecule has 1 aromatic carbocycles. The van der Waals surface area contributed by atoms with Gasteiger partial charge >= 0.3 is 0 Å². The van der Waals surface area contributed by atoms with Gasteiger partial charge in [0.05, 0.1) is 34.4 Å². The van der Waals surface area contributed by atoms with Gasteiger partial charge in [-0.05, 0) is 25.3 Å². The van der Waals surface area contributed by atoms with Crippen molar-refractivity contribution >= 4 is 11.8 Å². The first kappa shape index (κ1) is 24.1. The maximum Gasteiger partial charge on any atom is 0.236 e. The Balaban J connectivity index is 1.42. The lowest BCUT2D eigenvalue weighted by Gasteiger charge is -2.35. The van der Waals surface area contributed by atoms with Crippen molar-refractivity contribution in [3.05, 3.63) is 17.7 Å². The lowest BCUT2D eigenvalue weighted by molar-refractivity contribution is -0.134. The number of benzene rings is 1. The third-order valence-corrected chi connectivity index (χ3v) is 6.16. The molecule has 2 aliphatic rings. The van der Waals surface area contributed by atoms with E-state index in [4.69, 9.17) is 14.2 Å². The van der Waals surface area contributed by atoms with Gasteiger partial charge in [-0.15, -0.1) is 0 Å². The summed E-state index contributed by atoms with van der Waals surface area (Å²) in [6.45, 7) is 6.11. The van der Waals surface area contributed by atoms with Gasteiger partial charge in [0, 0.05) is 57.4 Å². The molecule has 0 aliphatic carbocycles. The summed E-state index contributed by atoms with van der Waals surface area (Å²) in [7, 11) is 4.73. The number of nitrogens with zero attached hydrogens (tertiary/aromatic N) is 3. The molecule has 0 bridgehead atoms. The minimum absolute atomic E-state index is 0.0420. The van der Waals surface area contributed by atoms with Crippen molar-refractivity contribution in [3.8, 4) is 17.2 Å². The lowest BCUT2D eigenvalue weighted by atomic mass is 10.1. The van der Waals surface area contributed by atoms with Crippen molar-refractivity contribution in [1.82, 2.24) is 20.0 Å². The highest BCUT2D eigenvalue weighted by molar-refractivity contribution is 5.79. The minimum Gasteiger partial charge on any atom is -0.496 e. The molecule has 0 unspecified atom stereocenters. The molecule has 0 saturated carbocycles. The first-order chi connectivity index (χ1) is 15.5. The van der Waals surface area contributed by atoms with Crippen LogP contribution in [0.15, 0.2) is 12.1 Å². The summed E-state index contributed by atoms with van der Waals surface area (Å²) in [6.07, 6.45) is 3.46. The van der Waals surface area contributed by atoms with Crippen LogP contribution in [0.2, 0.25) is 0 Å². The number of likely N-dealkylation sites (tertiary alicyclic amines) is 1. The Kier molecular flexibility index (Phi) is 8.99. The maximum absolute atomic E-state index is 12.5. The van der Waals surface area contributed by atoms with Crippen LogP contribution >= 0.6 is 0 Å². The van der Waals surface area contributed by atoms with Crippen molar-refractivity contribution in [2.45, 2.75) is 25.8 Å². The van der Waals surface area contributed by atoms with Crippen LogP contribution in [0.25, 0.3) is 0 Å². The summed E-state index contributed by atoms with van der Waals surface area (Å²) in [6, 6.07) is 3.57. The molecular weight excluding hydrogens is 412 g/mol. The number of methoxy groups -OCH3 is 3. The molecule has 178 valence electrons. The number of rotatable bonds is 9. The fourth-order valence-electron chi connectivity index (χ4n) is 4.22. The number of hydrogen-bond acceptors (Lipinski definition) is 7. The second-order valence-corrected chi connectivity index (χ2v) is 8.29. The zero-order valence-electron chi connectivity index (χ0n) is 19.5. The van der Waals surface area contributed by atoms with Crippen LogP contribution < -0.4 is 19.5 Å². The van der Waals surface area contributed by atoms with E-state index in [1.54, 1.807) is 27.4 Å². The number of piperazine rings is 1. The topological polar surface area (TPSA) is 83.6 Å². The molecule has 2 amide bonds. The third kappa shape index (κ3) is 6.49. The van der Waals surface area contributed by atoms with Crippen LogP contribution in [0.1, 0.15) is 24.8 Å². The Labute approximate surface area is 190 Å².